The first-order chi connectivity index (χ1) is 7.95. The summed E-state index contributed by atoms with van der Waals surface area (Å²) in [6.45, 7) is 6.24. The van der Waals surface area contributed by atoms with Crippen LogP contribution in [0.1, 0.15) is 32.4 Å². The molecule has 0 saturated heterocycles. The molecule has 0 bridgehead atoms. The predicted molar refractivity (Wildman–Crippen MR) is 73.9 cm³/mol. The summed E-state index contributed by atoms with van der Waals surface area (Å²) in [5.41, 5.74) is 1.12. The molecule has 1 aromatic carbocycles. The average Bonchev–Trinajstić information content (AvgIpc) is 2.31. The highest BCUT2D eigenvalue weighted by molar-refractivity contribution is 6.42. The highest BCUT2D eigenvalue weighted by atomic mass is 35.5. The number of benzene rings is 1. The van der Waals surface area contributed by atoms with Crippen LogP contribution < -0.4 is 5.32 Å². The Morgan fingerprint density at radius 2 is 1.76 bits per heavy atom. The van der Waals surface area contributed by atoms with Crippen LogP contribution in [0.3, 0.4) is 0 Å². The number of nitrogens with one attached hydrogen (secondary N) is 1. The van der Waals surface area contributed by atoms with Gasteiger partial charge in [-0.3, -0.25) is 0 Å². The summed E-state index contributed by atoms with van der Waals surface area (Å²) < 4.78 is 5.28. The molecule has 0 amide bonds. The fourth-order valence-corrected chi connectivity index (χ4v) is 1.92. The smallest absolute Gasteiger partial charge is 0.0693 e. The molecule has 17 heavy (non-hydrogen) atoms. The number of ether oxygens (including phenoxy) is 1. The van der Waals surface area contributed by atoms with Crippen LogP contribution in [0.15, 0.2) is 18.2 Å². The Kier molecular flexibility index (Phi) is 5.74. The molecule has 4 heteroatoms. The van der Waals surface area contributed by atoms with Crippen LogP contribution in [0, 0.1) is 0 Å². The number of hydrogen-bond acceptors (Lipinski definition) is 2. The second kappa shape index (κ2) is 6.60. The third kappa shape index (κ3) is 4.14. The molecule has 2 nitrogen and oxygen atoms in total. The van der Waals surface area contributed by atoms with E-state index in [0.29, 0.717) is 10.0 Å². The summed E-state index contributed by atoms with van der Waals surface area (Å²) in [4.78, 5) is 0. The summed E-state index contributed by atoms with van der Waals surface area (Å²) in [5.74, 6) is 0. The Hall–Kier alpha value is -0.280. The van der Waals surface area contributed by atoms with Gasteiger partial charge in [0, 0.05) is 19.2 Å². The van der Waals surface area contributed by atoms with Gasteiger partial charge in [-0.1, -0.05) is 29.3 Å². The molecule has 3 atom stereocenters. The van der Waals surface area contributed by atoms with Crippen LogP contribution in [0.25, 0.3) is 0 Å². The van der Waals surface area contributed by atoms with Crippen LogP contribution in [0.5, 0.6) is 0 Å². The van der Waals surface area contributed by atoms with Gasteiger partial charge in [0.05, 0.1) is 16.1 Å². The van der Waals surface area contributed by atoms with Crippen molar-refractivity contribution in [2.45, 2.75) is 39.0 Å². The van der Waals surface area contributed by atoms with Crippen molar-refractivity contribution in [2.24, 2.45) is 0 Å². The van der Waals surface area contributed by atoms with Crippen molar-refractivity contribution >= 4 is 23.2 Å². The van der Waals surface area contributed by atoms with Crippen molar-refractivity contribution in [1.82, 2.24) is 5.32 Å². The molecule has 3 unspecified atom stereocenters. The van der Waals surface area contributed by atoms with Crippen molar-refractivity contribution in [1.29, 1.82) is 0 Å². The van der Waals surface area contributed by atoms with Gasteiger partial charge in [-0.15, -0.1) is 0 Å². The van der Waals surface area contributed by atoms with Crippen LogP contribution in [-0.2, 0) is 4.74 Å². The van der Waals surface area contributed by atoms with Gasteiger partial charge in [0.1, 0.15) is 0 Å². The molecule has 0 aromatic heterocycles. The fourth-order valence-electron chi connectivity index (χ4n) is 1.61. The third-order valence-electron chi connectivity index (χ3n) is 3.03. The molecule has 0 aliphatic carbocycles. The summed E-state index contributed by atoms with van der Waals surface area (Å²) in [6, 6.07) is 6.17. The fraction of sp³-hybridized carbons (Fsp3) is 0.538. The summed E-state index contributed by atoms with van der Waals surface area (Å²) in [5, 5.41) is 4.64. The lowest BCUT2D eigenvalue weighted by Gasteiger charge is -2.24. The van der Waals surface area contributed by atoms with Gasteiger partial charge < -0.3 is 10.1 Å². The first-order valence-corrected chi connectivity index (χ1v) is 6.45. The Labute approximate surface area is 113 Å². The van der Waals surface area contributed by atoms with Crippen molar-refractivity contribution in [3.63, 3.8) is 0 Å². The van der Waals surface area contributed by atoms with Crippen LogP contribution in [-0.4, -0.2) is 19.3 Å². The first-order valence-electron chi connectivity index (χ1n) is 5.69. The standard InChI is InChI=1S/C13H19Cl2NO/c1-8(10(3)17-4)16-9(2)11-5-6-12(14)13(15)7-11/h5-10,16H,1-4H3. The van der Waals surface area contributed by atoms with Crippen LogP contribution in [0.4, 0.5) is 0 Å². The molecule has 0 spiro atoms. The van der Waals surface area contributed by atoms with Gasteiger partial charge in [-0.2, -0.15) is 0 Å². The summed E-state index contributed by atoms with van der Waals surface area (Å²) in [7, 11) is 1.71. The largest absolute Gasteiger partial charge is 0.380 e. The van der Waals surface area contributed by atoms with Crippen LogP contribution >= 0.6 is 23.2 Å². The Morgan fingerprint density at radius 3 is 2.29 bits per heavy atom. The lowest BCUT2D eigenvalue weighted by atomic mass is 10.1. The molecular weight excluding hydrogens is 257 g/mol. The third-order valence-corrected chi connectivity index (χ3v) is 3.77. The van der Waals surface area contributed by atoms with Gasteiger partial charge in [-0.05, 0) is 38.5 Å². The quantitative estimate of drug-likeness (QED) is 0.875. The van der Waals surface area contributed by atoms with E-state index >= 15 is 0 Å². The molecule has 0 aliphatic rings. The summed E-state index contributed by atoms with van der Waals surface area (Å²) >= 11 is 11.9. The van der Waals surface area contributed by atoms with Crippen molar-refractivity contribution in [3.8, 4) is 0 Å². The Bertz CT molecular complexity index is 370. The lowest BCUT2D eigenvalue weighted by Crippen LogP contribution is -2.38. The van der Waals surface area contributed by atoms with E-state index in [2.05, 4.69) is 19.2 Å². The highest BCUT2D eigenvalue weighted by Gasteiger charge is 2.15. The maximum atomic E-state index is 6.00. The topological polar surface area (TPSA) is 21.3 Å². The minimum atomic E-state index is 0.167. The van der Waals surface area contributed by atoms with Gasteiger partial charge in [-0.25, -0.2) is 0 Å². The zero-order valence-electron chi connectivity index (χ0n) is 10.6. The van der Waals surface area contributed by atoms with E-state index in [1.54, 1.807) is 7.11 Å². The number of methoxy groups -OCH3 is 1. The van der Waals surface area contributed by atoms with Gasteiger partial charge >= 0.3 is 0 Å². The average molecular weight is 276 g/mol. The first kappa shape index (κ1) is 14.8. The molecule has 0 saturated carbocycles. The van der Waals surface area contributed by atoms with Gasteiger partial charge in [0.25, 0.3) is 0 Å². The van der Waals surface area contributed by atoms with E-state index in [1.807, 2.05) is 25.1 Å². The van der Waals surface area contributed by atoms with E-state index in [1.165, 1.54) is 0 Å². The zero-order valence-corrected chi connectivity index (χ0v) is 12.1. The monoisotopic (exact) mass is 275 g/mol. The minimum Gasteiger partial charge on any atom is -0.380 e. The number of hydrogen-bond donors (Lipinski definition) is 1. The zero-order chi connectivity index (χ0) is 13.0. The number of rotatable bonds is 5. The second-order valence-electron chi connectivity index (χ2n) is 4.29. The Morgan fingerprint density at radius 1 is 1.12 bits per heavy atom. The predicted octanol–water partition coefficient (Wildman–Crippen LogP) is 4.07. The van der Waals surface area contributed by atoms with E-state index in [4.69, 9.17) is 27.9 Å². The minimum absolute atomic E-state index is 0.167. The van der Waals surface area contributed by atoms with Gasteiger partial charge in [0.2, 0.25) is 0 Å². The van der Waals surface area contributed by atoms with Gasteiger partial charge in [0.15, 0.2) is 0 Å². The molecular formula is C13H19Cl2NO. The molecule has 0 aliphatic heterocycles. The SMILES string of the molecule is COC(C)C(C)NC(C)c1ccc(Cl)c(Cl)c1. The molecule has 0 radical (unpaired) electrons. The second-order valence-corrected chi connectivity index (χ2v) is 5.11. The lowest BCUT2D eigenvalue weighted by molar-refractivity contribution is 0.0852. The van der Waals surface area contributed by atoms with E-state index in [0.717, 1.165) is 5.56 Å². The van der Waals surface area contributed by atoms with Crippen molar-refractivity contribution in [3.05, 3.63) is 33.8 Å². The Balaban J connectivity index is 2.69. The molecule has 1 N–H and O–H groups in total. The molecule has 0 heterocycles. The van der Waals surface area contributed by atoms with Crippen molar-refractivity contribution < 1.29 is 4.74 Å². The van der Waals surface area contributed by atoms with E-state index < -0.39 is 0 Å². The molecule has 1 aromatic rings. The van der Waals surface area contributed by atoms with Crippen LogP contribution in [0.2, 0.25) is 10.0 Å². The highest BCUT2D eigenvalue weighted by Crippen LogP contribution is 2.25. The van der Waals surface area contributed by atoms with Crippen molar-refractivity contribution in [2.75, 3.05) is 7.11 Å². The molecule has 0 fully saturated rings. The van der Waals surface area contributed by atoms with E-state index in [9.17, 15) is 0 Å². The summed E-state index contributed by atoms with van der Waals surface area (Å²) in [6.07, 6.45) is 0.167. The maximum Gasteiger partial charge on any atom is 0.0693 e. The van der Waals surface area contributed by atoms with E-state index in [-0.39, 0.29) is 18.2 Å². The molecule has 96 valence electrons. The molecule has 1 rings (SSSR count). The number of halogens is 2. The normalized spacial score (nSPS) is 16.6. The maximum absolute atomic E-state index is 6.00.